The maximum atomic E-state index is 3.60. The number of aromatic nitrogens is 1. The second-order valence-electron chi connectivity index (χ2n) is 5.66. The van der Waals surface area contributed by atoms with Gasteiger partial charge in [0, 0.05) is 26.0 Å². The highest BCUT2D eigenvalue weighted by Gasteiger charge is 2.13. The topological polar surface area (TPSA) is 15.8 Å². The lowest BCUT2D eigenvalue weighted by Crippen LogP contribution is -1.83. The monoisotopic (exact) mass is 393 g/mol. The van der Waals surface area contributed by atoms with E-state index in [1.807, 2.05) is 11.8 Å². The van der Waals surface area contributed by atoms with Crippen LogP contribution in [0.2, 0.25) is 0 Å². The van der Waals surface area contributed by atoms with Crippen molar-refractivity contribution < 1.29 is 0 Å². The predicted molar refractivity (Wildman–Crippen MR) is 107 cm³/mol. The van der Waals surface area contributed by atoms with Gasteiger partial charge in [0.1, 0.15) is 0 Å². The van der Waals surface area contributed by atoms with Gasteiger partial charge in [-0.25, -0.2) is 0 Å². The fraction of sp³-hybridized carbons (Fsp3) is 0.0476. The number of nitrogens with one attached hydrogen (secondary N) is 1. The Hall–Kier alpha value is -1.97. The standard InChI is InChI=1S/C21H16BrNS/c22-17-12-10-15(11-13-17)14-24-21-18-8-4-5-9-19(18)23-20(21)16-6-2-1-3-7-16/h1-13,23H,14H2. The van der Waals surface area contributed by atoms with Crippen LogP contribution in [0.1, 0.15) is 5.56 Å². The molecule has 0 bridgehead atoms. The van der Waals surface area contributed by atoms with Gasteiger partial charge in [-0.3, -0.25) is 0 Å². The van der Waals surface area contributed by atoms with E-state index in [-0.39, 0.29) is 0 Å². The predicted octanol–water partition coefficient (Wildman–Crippen LogP) is 6.89. The third-order valence-corrected chi connectivity index (χ3v) is 5.74. The average molecular weight is 394 g/mol. The molecule has 0 amide bonds. The number of para-hydroxylation sites is 1. The van der Waals surface area contributed by atoms with Gasteiger partial charge in [0.15, 0.2) is 0 Å². The van der Waals surface area contributed by atoms with Crippen molar-refractivity contribution in [2.24, 2.45) is 0 Å². The second-order valence-corrected chi connectivity index (χ2v) is 7.56. The molecular weight excluding hydrogens is 378 g/mol. The Morgan fingerprint density at radius 1 is 0.792 bits per heavy atom. The Kier molecular flexibility index (Phi) is 4.46. The summed E-state index contributed by atoms with van der Waals surface area (Å²) in [5.41, 5.74) is 4.95. The first-order valence-corrected chi connectivity index (χ1v) is 9.62. The van der Waals surface area contributed by atoms with Gasteiger partial charge in [-0.15, -0.1) is 11.8 Å². The first-order valence-electron chi connectivity index (χ1n) is 7.84. The van der Waals surface area contributed by atoms with Gasteiger partial charge < -0.3 is 4.98 Å². The van der Waals surface area contributed by atoms with Gasteiger partial charge in [-0.05, 0) is 29.3 Å². The Bertz CT molecular complexity index is 958. The summed E-state index contributed by atoms with van der Waals surface area (Å²) in [7, 11) is 0. The maximum Gasteiger partial charge on any atom is 0.0603 e. The van der Waals surface area contributed by atoms with Gasteiger partial charge >= 0.3 is 0 Å². The van der Waals surface area contributed by atoms with Gasteiger partial charge in [-0.1, -0.05) is 76.6 Å². The van der Waals surface area contributed by atoms with Crippen molar-refractivity contribution in [3.8, 4) is 11.3 Å². The fourth-order valence-corrected chi connectivity index (χ4v) is 4.22. The second kappa shape index (κ2) is 6.88. The molecule has 4 rings (SSSR count). The number of thioether (sulfide) groups is 1. The molecule has 0 spiro atoms. The van der Waals surface area contributed by atoms with Crippen molar-refractivity contribution in [2.45, 2.75) is 10.6 Å². The van der Waals surface area contributed by atoms with Crippen LogP contribution in [-0.4, -0.2) is 4.98 Å². The first kappa shape index (κ1) is 15.6. The summed E-state index contributed by atoms with van der Waals surface area (Å²) in [5, 5.41) is 1.29. The van der Waals surface area contributed by atoms with Crippen LogP contribution >= 0.6 is 27.7 Å². The van der Waals surface area contributed by atoms with Crippen LogP contribution in [0.3, 0.4) is 0 Å². The van der Waals surface area contributed by atoms with Crippen LogP contribution < -0.4 is 0 Å². The fourth-order valence-electron chi connectivity index (χ4n) is 2.81. The SMILES string of the molecule is Brc1ccc(CSc2c(-c3ccccc3)[nH]c3ccccc23)cc1. The summed E-state index contributed by atoms with van der Waals surface area (Å²) in [5.74, 6) is 0.953. The van der Waals surface area contributed by atoms with Gasteiger partial charge in [0.05, 0.1) is 5.69 Å². The molecule has 1 N–H and O–H groups in total. The minimum Gasteiger partial charge on any atom is -0.354 e. The molecule has 0 aliphatic carbocycles. The normalized spacial score (nSPS) is 11.0. The summed E-state index contributed by atoms with van der Waals surface area (Å²) < 4.78 is 1.12. The van der Waals surface area contributed by atoms with E-state index in [0.717, 1.165) is 10.2 Å². The third kappa shape index (κ3) is 3.14. The van der Waals surface area contributed by atoms with E-state index in [2.05, 4.69) is 99.8 Å². The molecule has 0 fully saturated rings. The van der Waals surface area contributed by atoms with E-state index < -0.39 is 0 Å². The summed E-state index contributed by atoms with van der Waals surface area (Å²) >= 11 is 5.39. The van der Waals surface area contributed by atoms with Gasteiger partial charge in [0.2, 0.25) is 0 Å². The van der Waals surface area contributed by atoms with Crippen LogP contribution in [0, 0.1) is 0 Å². The zero-order valence-electron chi connectivity index (χ0n) is 13.0. The van der Waals surface area contributed by atoms with Crippen LogP contribution in [0.5, 0.6) is 0 Å². The van der Waals surface area contributed by atoms with E-state index in [0.29, 0.717) is 0 Å². The lowest BCUT2D eigenvalue weighted by atomic mass is 10.1. The minimum absolute atomic E-state index is 0.953. The Labute approximate surface area is 154 Å². The van der Waals surface area contributed by atoms with Crippen molar-refractivity contribution >= 4 is 38.6 Å². The lowest BCUT2D eigenvalue weighted by Gasteiger charge is -2.06. The first-order chi connectivity index (χ1) is 11.8. The lowest BCUT2D eigenvalue weighted by molar-refractivity contribution is 1.37. The minimum atomic E-state index is 0.953. The summed E-state index contributed by atoms with van der Waals surface area (Å²) in [4.78, 5) is 4.92. The van der Waals surface area contributed by atoms with E-state index in [4.69, 9.17) is 0 Å². The van der Waals surface area contributed by atoms with Crippen LogP contribution in [-0.2, 0) is 5.75 Å². The molecule has 24 heavy (non-hydrogen) atoms. The Morgan fingerprint density at radius 3 is 2.29 bits per heavy atom. The number of aromatic amines is 1. The molecule has 1 nitrogen and oxygen atoms in total. The summed E-state index contributed by atoms with van der Waals surface area (Å²) in [6, 6.07) is 27.6. The van der Waals surface area contributed by atoms with Gasteiger partial charge in [-0.2, -0.15) is 0 Å². The number of H-pyrrole nitrogens is 1. The smallest absolute Gasteiger partial charge is 0.0603 e. The maximum absolute atomic E-state index is 3.60. The number of hydrogen-bond donors (Lipinski definition) is 1. The molecule has 0 radical (unpaired) electrons. The largest absolute Gasteiger partial charge is 0.354 e. The van der Waals surface area contributed by atoms with E-state index in [1.54, 1.807) is 0 Å². The number of fused-ring (bicyclic) bond motifs is 1. The van der Waals surface area contributed by atoms with E-state index in [1.165, 1.54) is 32.6 Å². The number of halogens is 1. The Balaban J connectivity index is 1.74. The molecule has 0 unspecified atom stereocenters. The highest BCUT2D eigenvalue weighted by Crippen LogP contribution is 2.39. The van der Waals surface area contributed by atoms with E-state index >= 15 is 0 Å². The summed E-state index contributed by atoms with van der Waals surface area (Å²) in [6.45, 7) is 0. The van der Waals surface area contributed by atoms with Crippen molar-refractivity contribution in [3.63, 3.8) is 0 Å². The molecule has 1 heterocycles. The van der Waals surface area contributed by atoms with Gasteiger partial charge in [0.25, 0.3) is 0 Å². The molecule has 3 heteroatoms. The average Bonchev–Trinajstić information content (AvgIpc) is 3.01. The number of rotatable bonds is 4. The van der Waals surface area contributed by atoms with Crippen molar-refractivity contribution in [1.82, 2.24) is 4.98 Å². The zero-order valence-corrected chi connectivity index (χ0v) is 15.4. The molecule has 0 atom stereocenters. The highest BCUT2D eigenvalue weighted by atomic mass is 79.9. The zero-order chi connectivity index (χ0) is 16.4. The number of benzene rings is 3. The third-order valence-electron chi connectivity index (χ3n) is 4.02. The molecule has 0 aliphatic heterocycles. The highest BCUT2D eigenvalue weighted by molar-refractivity contribution is 9.10. The molecule has 1 aromatic heterocycles. The van der Waals surface area contributed by atoms with E-state index in [9.17, 15) is 0 Å². The molecule has 0 saturated carbocycles. The molecular formula is C21H16BrNS. The van der Waals surface area contributed by atoms with Crippen LogP contribution in [0.25, 0.3) is 22.2 Å². The quantitative estimate of drug-likeness (QED) is 0.373. The summed E-state index contributed by atoms with van der Waals surface area (Å²) in [6.07, 6.45) is 0. The Morgan fingerprint density at radius 2 is 1.50 bits per heavy atom. The molecule has 0 aliphatic rings. The van der Waals surface area contributed by atoms with Crippen molar-refractivity contribution in [2.75, 3.05) is 0 Å². The molecule has 3 aromatic carbocycles. The van der Waals surface area contributed by atoms with Crippen LogP contribution in [0.4, 0.5) is 0 Å². The molecule has 4 aromatic rings. The molecule has 0 saturated heterocycles. The van der Waals surface area contributed by atoms with Crippen LogP contribution in [0.15, 0.2) is 88.2 Å². The van der Waals surface area contributed by atoms with Crippen molar-refractivity contribution in [3.05, 3.63) is 88.9 Å². The molecule has 118 valence electrons. The number of hydrogen-bond acceptors (Lipinski definition) is 1. The van der Waals surface area contributed by atoms with Crippen molar-refractivity contribution in [1.29, 1.82) is 0 Å².